The first kappa shape index (κ1) is 29.2. The van der Waals surface area contributed by atoms with Gasteiger partial charge in [-0.3, -0.25) is 14.7 Å². The highest BCUT2D eigenvalue weighted by atomic mass is 19.2. The van der Waals surface area contributed by atoms with Crippen molar-refractivity contribution in [2.75, 3.05) is 45.7 Å². The molecule has 1 aromatic heterocycles. The molecular formula is C30H31F4N3O3. The maximum absolute atomic E-state index is 16.0. The van der Waals surface area contributed by atoms with E-state index < -0.39 is 35.0 Å². The molecule has 2 heterocycles. The summed E-state index contributed by atoms with van der Waals surface area (Å²) in [6.07, 6.45) is 0.894. The molecule has 3 aromatic rings. The van der Waals surface area contributed by atoms with E-state index in [0.29, 0.717) is 47.1 Å². The highest BCUT2D eigenvalue weighted by Crippen LogP contribution is 2.43. The van der Waals surface area contributed by atoms with E-state index in [4.69, 9.17) is 4.74 Å². The van der Waals surface area contributed by atoms with Crippen LogP contribution in [-0.2, 0) is 4.79 Å². The number of aromatic nitrogens is 1. The largest absolute Gasteiger partial charge is 0.497 e. The van der Waals surface area contributed by atoms with Gasteiger partial charge in [0.05, 0.1) is 42.0 Å². The standard InChI is InChI=1S/C30H31F4N3O3/c1-36(2)26-18-35-25-7-6-21(40-3)17-22(25)27(26)23(32)8-9-30(29(38)39)10-13-37(14-11-30)12-4-5-19-15-20(31)16-24(33)28(19)34/h6-7,15-18,23H,8-14H2,1-3H3,(H,38,39)/t23-/m1/s1. The van der Waals surface area contributed by atoms with E-state index in [2.05, 4.69) is 16.8 Å². The summed E-state index contributed by atoms with van der Waals surface area (Å²) in [6, 6.07) is 6.54. The van der Waals surface area contributed by atoms with Gasteiger partial charge in [0.2, 0.25) is 0 Å². The number of hydrogen-bond acceptors (Lipinski definition) is 5. The van der Waals surface area contributed by atoms with Crippen LogP contribution in [0.4, 0.5) is 23.2 Å². The van der Waals surface area contributed by atoms with Gasteiger partial charge < -0.3 is 14.7 Å². The number of carbonyl (C=O) groups is 1. The molecule has 10 heteroatoms. The number of piperidine rings is 1. The average molecular weight is 558 g/mol. The number of alkyl halides is 1. The first-order chi connectivity index (χ1) is 19.0. The number of carboxylic acid groups (broad SMARTS) is 1. The summed E-state index contributed by atoms with van der Waals surface area (Å²) < 4.78 is 62.0. The summed E-state index contributed by atoms with van der Waals surface area (Å²) in [7, 11) is 5.14. The molecule has 0 aliphatic carbocycles. The van der Waals surface area contributed by atoms with Crippen LogP contribution < -0.4 is 9.64 Å². The second-order valence-electron chi connectivity index (χ2n) is 10.3. The first-order valence-corrected chi connectivity index (χ1v) is 12.9. The number of halogens is 4. The van der Waals surface area contributed by atoms with Crippen LogP contribution in [0.1, 0.15) is 43.0 Å². The van der Waals surface area contributed by atoms with E-state index in [1.807, 2.05) is 4.90 Å². The lowest BCUT2D eigenvalue weighted by molar-refractivity contribution is -0.152. The van der Waals surface area contributed by atoms with Gasteiger partial charge in [-0.05, 0) is 49.9 Å². The molecule has 1 saturated heterocycles. The topological polar surface area (TPSA) is 65.9 Å². The number of likely N-dealkylation sites (tertiary alicyclic amines) is 1. The van der Waals surface area contributed by atoms with Gasteiger partial charge in [0.1, 0.15) is 17.7 Å². The predicted molar refractivity (Wildman–Crippen MR) is 145 cm³/mol. The number of pyridine rings is 1. The highest BCUT2D eigenvalue weighted by molar-refractivity contribution is 5.88. The number of fused-ring (bicyclic) bond motifs is 1. The summed E-state index contributed by atoms with van der Waals surface area (Å²) >= 11 is 0. The van der Waals surface area contributed by atoms with Crippen LogP contribution in [-0.4, -0.2) is 61.8 Å². The van der Waals surface area contributed by atoms with Gasteiger partial charge in [-0.1, -0.05) is 11.8 Å². The molecule has 2 aromatic carbocycles. The zero-order chi connectivity index (χ0) is 29.0. The van der Waals surface area contributed by atoms with E-state index in [1.165, 1.54) is 7.11 Å². The Morgan fingerprint density at radius 3 is 2.58 bits per heavy atom. The third-order valence-corrected chi connectivity index (χ3v) is 7.55. The Labute approximate surface area is 230 Å². The molecule has 4 rings (SSSR count). The minimum absolute atomic E-state index is 0.00762. The molecule has 0 amide bonds. The van der Waals surface area contributed by atoms with Gasteiger partial charge in [-0.2, -0.15) is 0 Å². The van der Waals surface area contributed by atoms with Crippen molar-refractivity contribution in [3.8, 4) is 17.6 Å². The number of carboxylic acids is 1. The molecule has 0 radical (unpaired) electrons. The van der Waals surface area contributed by atoms with E-state index in [0.717, 1.165) is 6.07 Å². The molecule has 1 fully saturated rings. The Hall–Kier alpha value is -3.84. The number of ether oxygens (including phenoxy) is 1. The molecule has 6 nitrogen and oxygen atoms in total. The molecule has 0 saturated carbocycles. The Bertz CT molecular complexity index is 1460. The smallest absolute Gasteiger partial charge is 0.309 e. The fourth-order valence-electron chi connectivity index (χ4n) is 5.15. The molecule has 1 atom stereocenters. The molecule has 1 N–H and O–H groups in total. The minimum atomic E-state index is -1.43. The quantitative estimate of drug-likeness (QED) is 0.217. The summed E-state index contributed by atoms with van der Waals surface area (Å²) in [5.41, 5.74) is 0.197. The Morgan fingerprint density at radius 1 is 1.20 bits per heavy atom. The fraction of sp³-hybridized carbons (Fsp3) is 0.400. The third kappa shape index (κ3) is 6.15. The van der Waals surface area contributed by atoms with Gasteiger partial charge in [-0.25, -0.2) is 17.6 Å². The SMILES string of the molecule is COc1ccc2ncc(N(C)C)c([C@H](F)CCC3(C(=O)O)CCN(CC#Cc4cc(F)cc(F)c4F)CC3)c2c1. The van der Waals surface area contributed by atoms with Gasteiger partial charge in [0.25, 0.3) is 0 Å². The van der Waals surface area contributed by atoms with Crippen molar-refractivity contribution in [3.63, 3.8) is 0 Å². The molecule has 40 heavy (non-hydrogen) atoms. The Kier molecular flexibility index (Phi) is 8.84. The van der Waals surface area contributed by atoms with Crippen molar-refractivity contribution < 1.29 is 32.2 Å². The van der Waals surface area contributed by atoms with Crippen molar-refractivity contribution in [1.29, 1.82) is 0 Å². The van der Waals surface area contributed by atoms with Gasteiger partial charge in [0, 0.05) is 44.2 Å². The van der Waals surface area contributed by atoms with E-state index in [9.17, 15) is 23.1 Å². The molecular weight excluding hydrogens is 526 g/mol. The summed E-state index contributed by atoms with van der Waals surface area (Å²) in [5.74, 6) is 1.32. The van der Waals surface area contributed by atoms with Crippen molar-refractivity contribution in [2.24, 2.45) is 5.41 Å². The maximum Gasteiger partial charge on any atom is 0.309 e. The normalized spacial score (nSPS) is 15.8. The van der Waals surface area contributed by atoms with Crippen molar-refractivity contribution in [3.05, 3.63) is 65.1 Å². The van der Waals surface area contributed by atoms with Crippen molar-refractivity contribution in [2.45, 2.75) is 31.9 Å². The Morgan fingerprint density at radius 2 is 1.93 bits per heavy atom. The number of benzene rings is 2. The number of aliphatic carboxylic acids is 1. The van der Waals surface area contributed by atoms with E-state index in [1.54, 1.807) is 43.4 Å². The number of anilines is 1. The molecule has 1 aliphatic rings. The van der Waals surface area contributed by atoms with Crippen LogP contribution >= 0.6 is 0 Å². The van der Waals surface area contributed by atoms with Gasteiger partial charge in [-0.15, -0.1) is 0 Å². The highest BCUT2D eigenvalue weighted by Gasteiger charge is 2.41. The summed E-state index contributed by atoms with van der Waals surface area (Å²) in [6.45, 7) is 0.947. The van der Waals surface area contributed by atoms with Crippen LogP contribution in [0.25, 0.3) is 10.9 Å². The molecule has 0 bridgehead atoms. The lowest BCUT2D eigenvalue weighted by Crippen LogP contribution is -2.44. The second kappa shape index (κ2) is 12.1. The van der Waals surface area contributed by atoms with E-state index >= 15 is 4.39 Å². The average Bonchev–Trinajstić information content (AvgIpc) is 2.93. The molecule has 212 valence electrons. The lowest BCUT2D eigenvalue weighted by Gasteiger charge is -2.38. The predicted octanol–water partition coefficient (Wildman–Crippen LogP) is 5.74. The Balaban J connectivity index is 1.46. The summed E-state index contributed by atoms with van der Waals surface area (Å²) in [4.78, 5) is 20.5. The molecule has 0 unspecified atom stereocenters. The molecule has 0 spiro atoms. The number of nitrogens with zero attached hydrogens (tertiary/aromatic N) is 3. The second-order valence-corrected chi connectivity index (χ2v) is 10.3. The lowest BCUT2D eigenvalue weighted by atomic mass is 9.74. The number of rotatable bonds is 8. The third-order valence-electron chi connectivity index (χ3n) is 7.55. The molecule has 1 aliphatic heterocycles. The number of hydrogen-bond donors (Lipinski definition) is 1. The van der Waals surface area contributed by atoms with Crippen LogP contribution in [0.2, 0.25) is 0 Å². The van der Waals surface area contributed by atoms with Crippen LogP contribution in [0, 0.1) is 34.7 Å². The minimum Gasteiger partial charge on any atom is -0.497 e. The van der Waals surface area contributed by atoms with Crippen LogP contribution in [0.5, 0.6) is 5.75 Å². The zero-order valence-electron chi connectivity index (χ0n) is 22.6. The van der Waals surface area contributed by atoms with E-state index in [-0.39, 0.29) is 37.8 Å². The van der Waals surface area contributed by atoms with Crippen molar-refractivity contribution in [1.82, 2.24) is 9.88 Å². The van der Waals surface area contributed by atoms with Crippen LogP contribution in [0.15, 0.2) is 36.5 Å². The first-order valence-electron chi connectivity index (χ1n) is 12.9. The zero-order valence-corrected chi connectivity index (χ0v) is 22.6. The van der Waals surface area contributed by atoms with Gasteiger partial charge >= 0.3 is 5.97 Å². The van der Waals surface area contributed by atoms with Gasteiger partial charge in [0.15, 0.2) is 11.6 Å². The monoisotopic (exact) mass is 557 g/mol. The van der Waals surface area contributed by atoms with Crippen LogP contribution in [0.3, 0.4) is 0 Å². The number of methoxy groups -OCH3 is 1. The fourth-order valence-corrected chi connectivity index (χ4v) is 5.15. The maximum atomic E-state index is 16.0. The summed E-state index contributed by atoms with van der Waals surface area (Å²) in [5, 5.41) is 10.7. The van der Waals surface area contributed by atoms with Crippen molar-refractivity contribution >= 4 is 22.6 Å².